The SMILES string of the molecule is CCCCCCCCCCCCCCCCCCNC(=O)OCc1c[n+](CC)c(CNC(=O)OC)c2c1C21CS(=O)(=O)C1.[I-]. The van der Waals surface area contributed by atoms with Crippen LogP contribution >= 0.6 is 0 Å². The number of unbranched alkanes of at least 4 members (excludes halogenated alkanes) is 15. The molecule has 3 rings (SSSR count). The molecule has 252 valence electrons. The Hall–Kier alpha value is -1.63. The first kappa shape index (κ1) is 38.6. The van der Waals surface area contributed by atoms with Crippen molar-refractivity contribution in [3.8, 4) is 0 Å². The van der Waals surface area contributed by atoms with Gasteiger partial charge in [0.15, 0.2) is 16.0 Å². The largest absolute Gasteiger partial charge is 1.00 e. The molecule has 1 spiro atoms. The molecule has 1 fully saturated rings. The Labute approximate surface area is 282 Å². The molecule has 9 nitrogen and oxygen atoms in total. The average Bonchev–Trinajstić information content (AvgIpc) is 3.63. The van der Waals surface area contributed by atoms with E-state index in [0.29, 0.717) is 13.1 Å². The summed E-state index contributed by atoms with van der Waals surface area (Å²) < 4.78 is 36.4. The third-order valence-corrected chi connectivity index (χ3v) is 10.8. The summed E-state index contributed by atoms with van der Waals surface area (Å²) in [5.74, 6) is 0.124. The number of carbonyl (C=O) groups is 2. The highest BCUT2D eigenvalue weighted by atomic mass is 127. The Kier molecular flexibility index (Phi) is 17.3. The fourth-order valence-corrected chi connectivity index (χ4v) is 8.58. The van der Waals surface area contributed by atoms with Crippen molar-refractivity contribution in [3.05, 3.63) is 28.6 Å². The molecule has 0 radical (unpaired) electrons. The Bertz CT molecular complexity index is 1150. The van der Waals surface area contributed by atoms with Crippen LogP contribution in [-0.2, 0) is 44.4 Å². The molecule has 1 saturated heterocycles. The van der Waals surface area contributed by atoms with Crippen molar-refractivity contribution < 1.29 is 56.0 Å². The van der Waals surface area contributed by atoms with Crippen molar-refractivity contribution in [2.75, 3.05) is 25.2 Å². The minimum absolute atomic E-state index is 0. The first-order valence-corrected chi connectivity index (χ1v) is 18.6. The molecule has 1 aliphatic carbocycles. The third kappa shape index (κ3) is 11.6. The first-order valence-electron chi connectivity index (χ1n) is 16.8. The van der Waals surface area contributed by atoms with Gasteiger partial charge in [-0.1, -0.05) is 103 Å². The summed E-state index contributed by atoms with van der Waals surface area (Å²) in [5.41, 5.74) is 3.07. The molecule has 2 heterocycles. The van der Waals surface area contributed by atoms with Crippen molar-refractivity contribution in [3.63, 3.8) is 0 Å². The van der Waals surface area contributed by atoms with Gasteiger partial charge in [0, 0.05) is 12.1 Å². The van der Waals surface area contributed by atoms with Gasteiger partial charge in [0.05, 0.1) is 29.6 Å². The van der Waals surface area contributed by atoms with Crippen LogP contribution in [0.5, 0.6) is 0 Å². The highest BCUT2D eigenvalue weighted by Crippen LogP contribution is 2.59. The zero-order valence-electron chi connectivity index (χ0n) is 27.3. The Morgan fingerprint density at radius 1 is 0.795 bits per heavy atom. The van der Waals surface area contributed by atoms with Crippen LogP contribution in [0, 0.1) is 0 Å². The number of halogens is 1. The number of carbonyl (C=O) groups excluding carboxylic acids is 2. The van der Waals surface area contributed by atoms with Crippen molar-refractivity contribution >= 4 is 22.0 Å². The molecule has 1 aliphatic heterocycles. The second-order valence-corrected chi connectivity index (χ2v) is 14.5. The van der Waals surface area contributed by atoms with E-state index in [1.54, 1.807) is 0 Å². The van der Waals surface area contributed by atoms with Crippen LogP contribution in [-0.4, -0.2) is 45.8 Å². The van der Waals surface area contributed by atoms with Crippen molar-refractivity contribution in [2.45, 2.75) is 142 Å². The van der Waals surface area contributed by atoms with Crippen LogP contribution in [0.25, 0.3) is 0 Å². The Morgan fingerprint density at radius 2 is 1.32 bits per heavy atom. The van der Waals surface area contributed by atoms with Gasteiger partial charge < -0.3 is 44.1 Å². The molecule has 0 unspecified atom stereocenters. The predicted octanol–water partition coefficient (Wildman–Crippen LogP) is 3.37. The molecule has 11 heteroatoms. The average molecular weight is 750 g/mol. The standard InChI is InChI=1S/C33H55N3O6S.HI/c1-4-6-7-8-9-10-11-12-13-14-15-16-17-18-19-20-21-34-32(38)42-24-27-23-36(5-2)28(22-35-31(37)41-3)30-29(27)33(30)25-43(39,40)26-33;/h23H,4-22,24-26H2,1-3H3,(H-,34,35,37,38);1H. The van der Waals surface area contributed by atoms with Gasteiger partial charge in [-0.15, -0.1) is 0 Å². The van der Waals surface area contributed by atoms with Gasteiger partial charge in [-0.05, 0) is 18.9 Å². The number of nitrogens with zero attached hydrogens (tertiary/aromatic N) is 1. The maximum absolute atomic E-state index is 12.4. The van der Waals surface area contributed by atoms with Gasteiger partial charge in [0.2, 0.25) is 5.69 Å². The summed E-state index contributed by atoms with van der Waals surface area (Å²) in [4.78, 5) is 24.1. The van der Waals surface area contributed by atoms with E-state index in [1.165, 1.54) is 97.0 Å². The second-order valence-electron chi connectivity index (χ2n) is 12.4. The molecular weight excluding hydrogens is 693 g/mol. The number of rotatable bonds is 22. The van der Waals surface area contributed by atoms with Crippen LogP contribution in [0.4, 0.5) is 9.59 Å². The number of nitrogens with one attached hydrogen (secondary N) is 2. The predicted molar refractivity (Wildman–Crippen MR) is 169 cm³/mol. The molecule has 0 atom stereocenters. The van der Waals surface area contributed by atoms with Crippen LogP contribution in [0.2, 0.25) is 0 Å². The van der Waals surface area contributed by atoms with Crippen molar-refractivity contribution in [1.29, 1.82) is 0 Å². The van der Waals surface area contributed by atoms with Crippen molar-refractivity contribution in [2.24, 2.45) is 0 Å². The third-order valence-electron chi connectivity index (χ3n) is 8.93. The molecule has 1 aromatic rings. The molecule has 0 bridgehead atoms. The maximum Gasteiger partial charge on any atom is 0.407 e. The zero-order chi connectivity index (χ0) is 31.1. The van der Waals surface area contributed by atoms with E-state index < -0.39 is 27.4 Å². The first-order chi connectivity index (χ1) is 20.8. The number of hydrogen-bond donors (Lipinski definition) is 2. The molecule has 2 amide bonds. The quantitative estimate of drug-likeness (QED) is 0.107. The van der Waals surface area contributed by atoms with Gasteiger partial charge in [-0.3, -0.25) is 0 Å². The summed E-state index contributed by atoms with van der Waals surface area (Å²) in [5, 5.41) is 5.57. The molecular formula is C33H56IN3O6S. The number of ether oxygens (including phenoxy) is 2. The summed E-state index contributed by atoms with van der Waals surface area (Å²) in [6, 6.07) is 0. The number of sulfone groups is 1. The summed E-state index contributed by atoms with van der Waals surface area (Å²) >= 11 is 0. The van der Waals surface area contributed by atoms with Crippen LogP contribution in [0.3, 0.4) is 0 Å². The van der Waals surface area contributed by atoms with E-state index >= 15 is 0 Å². The number of amides is 2. The van der Waals surface area contributed by atoms with Gasteiger partial charge >= 0.3 is 12.2 Å². The van der Waals surface area contributed by atoms with Crippen LogP contribution < -0.4 is 39.2 Å². The molecule has 44 heavy (non-hydrogen) atoms. The highest BCUT2D eigenvalue weighted by Gasteiger charge is 2.67. The zero-order valence-corrected chi connectivity index (χ0v) is 30.3. The van der Waals surface area contributed by atoms with Gasteiger partial charge in [0.1, 0.15) is 19.7 Å². The molecule has 0 aromatic carbocycles. The number of aromatic nitrogens is 1. The molecule has 1 aromatic heterocycles. The van der Waals surface area contributed by atoms with E-state index in [9.17, 15) is 18.0 Å². The highest BCUT2D eigenvalue weighted by molar-refractivity contribution is 7.93. The monoisotopic (exact) mass is 749 g/mol. The minimum Gasteiger partial charge on any atom is -1.00 e. The molecule has 0 saturated carbocycles. The number of pyridine rings is 1. The lowest BCUT2D eigenvalue weighted by molar-refractivity contribution is -0.701. The fraction of sp³-hybridized carbons (Fsp3) is 0.788. The lowest BCUT2D eigenvalue weighted by Crippen LogP contribution is -3.00. The normalized spacial score (nSPS) is 15.1. The molecule has 2 N–H and O–H groups in total. The van der Waals surface area contributed by atoms with E-state index in [4.69, 9.17) is 9.47 Å². The summed E-state index contributed by atoms with van der Waals surface area (Å²) in [6.07, 6.45) is 21.9. The van der Waals surface area contributed by atoms with Crippen molar-refractivity contribution in [1.82, 2.24) is 10.6 Å². The topological polar surface area (TPSA) is 115 Å². The van der Waals surface area contributed by atoms with E-state index in [0.717, 1.165) is 35.2 Å². The van der Waals surface area contributed by atoms with E-state index in [-0.39, 0.29) is 48.6 Å². The lowest BCUT2D eigenvalue weighted by Gasteiger charge is -2.26. The smallest absolute Gasteiger partial charge is 0.407 e. The number of methoxy groups -OCH3 is 1. The number of aryl methyl sites for hydroxylation is 1. The Morgan fingerprint density at radius 3 is 1.80 bits per heavy atom. The summed E-state index contributed by atoms with van der Waals surface area (Å²) in [7, 11) is -1.78. The van der Waals surface area contributed by atoms with Gasteiger partial charge in [0.25, 0.3) is 0 Å². The summed E-state index contributed by atoms with van der Waals surface area (Å²) in [6.45, 7) is 5.80. The van der Waals surface area contributed by atoms with Gasteiger partial charge in [-0.2, -0.15) is 0 Å². The number of fused-ring (bicyclic) bond motifs is 3. The van der Waals surface area contributed by atoms with Gasteiger partial charge in [-0.25, -0.2) is 22.6 Å². The lowest BCUT2D eigenvalue weighted by atomic mass is 10.0. The minimum atomic E-state index is -3.09. The fourth-order valence-electron chi connectivity index (χ4n) is 6.59. The molecule has 2 aliphatic rings. The van der Waals surface area contributed by atoms with Crippen LogP contribution in [0.1, 0.15) is 139 Å². The number of alkyl carbamates (subject to hydrolysis) is 2. The van der Waals surface area contributed by atoms with E-state index in [2.05, 4.69) is 17.6 Å². The second kappa shape index (κ2) is 19.8. The van der Waals surface area contributed by atoms with E-state index in [1.807, 2.05) is 17.7 Å². The van der Waals surface area contributed by atoms with Crippen LogP contribution in [0.15, 0.2) is 6.20 Å². The maximum atomic E-state index is 12.4. The Balaban J connectivity index is 0.00000675. The number of hydrogen-bond acceptors (Lipinski definition) is 6.